The molecule has 2 aromatic rings. The lowest BCUT2D eigenvalue weighted by atomic mass is 10.0. The van der Waals surface area contributed by atoms with Crippen molar-refractivity contribution in [1.29, 1.82) is 0 Å². The lowest BCUT2D eigenvalue weighted by molar-refractivity contribution is -0.136. The van der Waals surface area contributed by atoms with Crippen molar-refractivity contribution in [2.75, 3.05) is 13.6 Å². The molecular formula is C29H42ClN5O5. The molecule has 4 atom stereocenters. The molecule has 6 N–H and O–H groups in total. The summed E-state index contributed by atoms with van der Waals surface area (Å²) in [5.41, 5.74) is 8.04. The monoisotopic (exact) mass is 575 g/mol. The predicted octanol–water partition coefficient (Wildman–Crippen LogP) is 1.29. The van der Waals surface area contributed by atoms with E-state index in [-0.39, 0.29) is 18.3 Å². The second-order valence-electron chi connectivity index (χ2n) is 9.74. The van der Waals surface area contributed by atoms with Crippen LogP contribution in [0.25, 0.3) is 0 Å². The molecule has 0 radical (unpaired) electrons. The Labute approximate surface area is 242 Å². The van der Waals surface area contributed by atoms with Crippen LogP contribution in [0.15, 0.2) is 60.7 Å². The molecule has 2 aromatic carbocycles. The molecule has 0 aromatic heterocycles. The van der Waals surface area contributed by atoms with Crippen molar-refractivity contribution in [2.45, 2.75) is 70.3 Å². The number of amides is 4. The molecule has 3 unspecified atom stereocenters. The van der Waals surface area contributed by atoms with Gasteiger partial charge in [-0.15, -0.1) is 12.4 Å². The number of halogens is 1. The van der Waals surface area contributed by atoms with Gasteiger partial charge < -0.3 is 31.7 Å². The van der Waals surface area contributed by atoms with Gasteiger partial charge in [0.15, 0.2) is 0 Å². The summed E-state index contributed by atoms with van der Waals surface area (Å²) in [5, 5.41) is 17.6. The summed E-state index contributed by atoms with van der Waals surface area (Å²) in [6, 6.07) is 16.5. The van der Waals surface area contributed by atoms with Crippen molar-refractivity contribution in [3.05, 3.63) is 71.8 Å². The van der Waals surface area contributed by atoms with Crippen LogP contribution >= 0.6 is 12.4 Å². The summed E-state index contributed by atoms with van der Waals surface area (Å²) in [4.78, 5) is 51.3. The first-order valence-electron chi connectivity index (χ1n) is 13.2. The third-order valence-corrected chi connectivity index (χ3v) is 6.24. The number of rotatable bonds is 15. The van der Waals surface area contributed by atoms with E-state index >= 15 is 0 Å². The van der Waals surface area contributed by atoms with Crippen molar-refractivity contribution < 1.29 is 24.3 Å². The third kappa shape index (κ3) is 12.1. The standard InChI is InChI=1S/C29H41N5O5.ClH/c1-20(35)26(32-21(2)36)28(38)31-17-11-10-16-24(30)27(37)33-25(18-22-12-6-4-7-13-22)29(39)34(3)19-23-14-8-5-9-15-23;/h4-9,12-15,20,24-26,35H,10-11,16-19,30H2,1-3H3,(H,31,38)(H,32,36)(H,33,37);1H/t20?,24?,25-,26?;/m1./s1. The van der Waals surface area contributed by atoms with E-state index in [1.807, 2.05) is 60.7 Å². The molecule has 0 aliphatic carbocycles. The maximum Gasteiger partial charge on any atom is 0.245 e. The third-order valence-electron chi connectivity index (χ3n) is 6.24. The van der Waals surface area contributed by atoms with Crippen molar-refractivity contribution in [1.82, 2.24) is 20.9 Å². The average molecular weight is 576 g/mol. The van der Waals surface area contributed by atoms with Gasteiger partial charge in [-0.1, -0.05) is 60.7 Å². The van der Waals surface area contributed by atoms with E-state index < -0.39 is 42.0 Å². The van der Waals surface area contributed by atoms with Crippen molar-refractivity contribution in [2.24, 2.45) is 5.73 Å². The van der Waals surface area contributed by atoms with Crippen LogP contribution in [0, 0.1) is 0 Å². The van der Waals surface area contributed by atoms with Gasteiger partial charge in [-0.3, -0.25) is 19.2 Å². The number of unbranched alkanes of at least 4 members (excludes halogenated alkanes) is 1. The first-order chi connectivity index (χ1) is 18.6. The van der Waals surface area contributed by atoms with E-state index in [1.165, 1.54) is 13.8 Å². The topological polar surface area (TPSA) is 154 Å². The number of carbonyl (C=O) groups is 4. The van der Waals surface area contributed by atoms with Gasteiger partial charge in [0, 0.05) is 33.5 Å². The Morgan fingerprint density at radius 1 is 0.900 bits per heavy atom. The Kier molecular flexibility index (Phi) is 15.5. The highest BCUT2D eigenvalue weighted by molar-refractivity contribution is 5.90. The quantitative estimate of drug-likeness (QED) is 0.202. The number of carbonyl (C=O) groups excluding carboxylic acids is 4. The fourth-order valence-corrected chi connectivity index (χ4v) is 4.10. The molecule has 40 heavy (non-hydrogen) atoms. The van der Waals surface area contributed by atoms with Crippen molar-refractivity contribution >= 4 is 36.0 Å². The summed E-state index contributed by atoms with van der Waals surface area (Å²) >= 11 is 0. The summed E-state index contributed by atoms with van der Waals surface area (Å²) in [6.07, 6.45) is 0.760. The zero-order chi connectivity index (χ0) is 28.8. The number of likely N-dealkylation sites (N-methyl/N-ethyl adjacent to an activating group) is 1. The van der Waals surface area contributed by atoms with E-state index in [4.69, 9.17) is 5.73 Å². The Morgan fingerprint density at radius 2 is 1.48 bits per heavy atom. The van der Waals surface area contributed by atoms with Gasteiger partial charge in [-0.2, -0.15) is 0 Å². The first kappa shape index (κ1) is 34.6. The molecule has 11 heteroatoms. The van der Waals surface area contributed by atoms with E-state index in [9.17, 15) is 24.3 Å². The van der Waals surface area contributed by atoms with Gasteiger partial charge in [0.25, 0.3) is 0 Å². The van der Waals surface area contributed by atoms with Gasteiger partial charge in [0.1, 0.15) is 12.1 Å². The zero-order valence-electron chi connectivity index (χ0n) is 23.3. The highest BCUT2D eigenvalue weighted by atomic mass is 35.5. The van der Waals surface area contributed by atoms with Gasteiger partial charge in [0.2, 0.25) is 23.6 Å². The number of benzene rings is 2. The molecule has 10 nitrogen and oxygen atoms in total. The van der Waals surface area contributed by atoms with Gasteiger partial charge in [0.05, 0.1) is 12.1 Å². The number of hydrogen-bond acceptors (Lipinski definition) is 6. The fourth-order valence-electron chi connectivity index (χ4n) is 4.10. The van der Waals surface area contributed by atoms with Crippen LogP contribution in [0.5, 0.6) is 0 Å². The Morgan fingerprint density at radius 3 is 2.02 bits per heavy atom. The maximum atomic E-state index is 13.3. The van der Waals surface area contributed by atoms with Crippen LogP contribution in [0.4, 0.5) is 0 Å². The van der Waals surface area contributed by atoms with E-state index in [1.54, 1.807) is 11.9 Å². The number of aliphatic hydroxyl groups excluding tert-OH is 1. The summed E-state index contributed by atoms with van der Waals surface area (Å²) in [6.45, 7) is 3.41. The van der Waals surface area contributed by atoms with Crippen LogP contribution in [0.2, 0.25) is 0 Å². The SMILES string of the molecule is CC(=O)NC(C(=O)NCCCCC(N)C(=O)N[C@H](Cc1ccccc1)C(=O)N(C)Cc1ccccc1)C(C)O.Cl. The largest absolute Gasteiger partial charge is 0.391 e. The molecule has 2 rings (SSSR count). The maximum absolute atomic E-state index is 13.3. The minimum absolute atomic E-state index is 0. The predicted molar refractivity (Wildman–Crippen MR) is 156 cm³/mol. The highest BCUT2D eigenvalue weighted by Gasteiger charge is 2.27. The van der Waals surface area contributed by atoms with Gasteiger partial charge in [-0.05, 0) is 37.3 Å². The Bertz CT molecular complexity index is 1070. The number of nitrogens with two attached hydrogens (primary N) is 1. The summed E-state index contributed by atoms with van der Waals surface area (Å²) in [5.74, 6) is -1.52. The fraction of sp³-hybridized carbons (Fsp3) is 0.448. The van der Waals surface area contributed by atoms with Gasteiger partial charge >= 0.3 is 0 Å². The minimum Gasteiger partial charge on any atom is -0.391 e. The normalized spacial score (nSPS) is 13.5. The van der Waals surface area contributed by atoms with Gasteiger partial charge in [-0.25, -0.2) is 0 Å². The molecule has 0 heterocycles. The van der Waals surface area contributed by atoms with Crippen LogP contribution in [-0.2, 0) is 32.1 Å². The van der Waals surface area contributed by atoms with Crippen LogP contribution in [-0.4, -0.2) is 71.5 Å². The highest BCUT2D eigenvalue weighted by Crippen LogP contribution is 2.10. The van der Waals surface area contributed by atoms with Crippen LogP contribution in [0.1, 0.15) is 44.2 Å². The summed E-state index contributed by atoms with van der Waals surface area (Å²) in [7, 11) is 1.71. The van der Waals surface area contributed by atoms with Crippen LogP contribution in [0.3, 0.4) is 0 Å². The van der Waals surface area contributed by atoms with E-state index in [0.717, 1.165) is 11.1 Å². The first-order valence-corrected chi connectivity index (χ1v) is 13.2. The number of hydrogen-bond donors (Lipinski definition) is 5. The molecule has 0 bridgehead atoms. The molecule has 0 fully saturated rings. The molecule has 0 aliphatic heterocycles. The van der Waals surface area contributed by atoms with E-state index in [0.29, 0.717) is 38.8 Å². The number of nitrogens with one attached hydrogen (secondary N) is 3. The Hall–Kier alpha value is -3.47. The van der Waals surface area contributed by atoms with Crippen LogP contribution < -0.4 is 21.7 Å². The lowest BCUT2D eigenvalue weighted by Crippen LogP contribution is -2.52. The average Bonchev–Trinajstić information content (AvgIpc) is 2.91. The summed E-state index contributed by atoms with van der Waals surface area (Å²) < 4.78 is 0. The molecule has 0 aliphatic rings. The Balaban J connectivity index is 0.00000800. The molecule has 220 valence electrons. The molecule has 0 saturated carbocycles. The molecule has 0 spiro atoms. The molecular weight excluding hydrogens is 534 g/mol. The minimum atomic E-state index is -1.04. The number of aliphatic hydroxyl groups is 1. The van der Waals surface area contributed by atoms with Crippen molar-refractivity contribution in [3.63, 3.8) is 0 Å². The molecule has 0 saturated heterocycles. The lowest BCUT2D eigenvalue weighted by Gasteiger charge is -2.26. The zero-order valence-corrected chi connectivity index (χ0v) is 24.2. The smallest absolute Gasteiger partial charge is 0.245 e. The molecule has 4 amide bonds. The number of nitrogens with zero attached hydrogens (tertiary/aromatic N) is 1. The second-order valence-corrected chi connectivity index (χ2v) is 9.74. The second kappa shape index (κ2) is 18.0. The van der Waals surface area contributed by atoms with Crippen molar-refractivity contribution in [3.8, 4) is 0 Å². The van der Waals surface area contributed by atoms with E-state index in [2.05, 4.69) is 16.0 Å².